The van der Waals surface area contributed by atoms with Gasteiger partial charge in [0.1, 0.15) is 12.4 Å². The van der Waals surface area contributed by atoms with E-state index in [2.05, 4.69) is 21.2 Å². The van der Waals surface area contributed by atoms with Gasteiger partial charge in [0, 0.05) is 24.1 Å². The van der Waals surface area contributed by atoms with Crippen LogP contribution in [0.2, 0.25) is 0 Å². The van der Waals surface area contributed by atoms with Gasteiger partial charge in [0.25, 0.3) is 5.91 Å². The van der Waals surface area contributed by atoms with E-state index in [-0.39, 0.29) is 16.4 Å². The maximum absolute atomic E-state index is 12.3. The number of carbonyl (C=O) groups is 1. The zero-order valence-electron chi connectivity index (χ0n) is 13.9. The smallest absolute Gasteiger partial charge is 0.251 e. The van der Waals surface area contributed by atoms with Gasteiger partial charge in [0.05, 0.1) is 11.4 Å². The van der Waals surface area contributed by atoms with Crippen LogP contribution in [-0.4, -0.2) is 45.9 Å². The van der Waals surface area contributed by atoms with Crippen molar-refractivity contribution >= 4 is 31.9 Å². The summed E-state index contributed by atoms with van der Waals surface area (Å²) in [7, 11) is -0.763. The first kappa shape index (κ1) is 19.4. The number of carbonyl (C=O) groups excluding carboxylic acids is 1. The highest BCUT2D eigenvalue weighted by atomic mass is 79.9. The van der Waals surface area contributed by atoms with Gasteiger partial charge >= 0.3 is 0 Å². The molecule has 6 nitrogen and oxygen atoms in total. The van der Waals surface area contributed by atoms with Crippen LogP contribution in [0.25, 0.3) is 0 Å². The maximum Gasteiger partial charge on any atom is 0.251 e. The van der Waals surface area contributed by atoms with Gasteiger partial charge in [-0.1, -0.05) is 18.2 Å². The molecule has 2 aromatic rings. The molecular formula is C17H19BrN2O4S. The fourth-order valence-corrected chi connectivity index (χ4v) is 3.84. The quantitative estimate of drug-likeness (QED) is 0.690. The van der Waals surface area contributed by atoms with Crippen LogP contribution in [0.4, 0.5) is 0 Å². The molecule has 1 N–H and O–H groups in total. The van der Waals surface area contributed by atoms with Crippen LogP contribution in [0.15, 0.2) is 57.9 Å². The largest absolute Gasteiger partial charge is 0.492 e. The Kier molecular flexibility index (Phi) is 6.57. The molecule has 0 spiro atoms. The summed E-state index contributed by atoms with van der Waals surface area (Å²) in [4.78, 5) is 12.3. The van der Waals surface area contributed by atoms with Crippen molar-refractivity contribution in [1.82, 2.24) is 9.62 Å². The molecular weight excluding hydrogens is 408 g/mol. The molecule has 0 atom stereocenters. The minimum atomic E-state index is -3.64. The van der Waals surface area contributed by atoms with Gasteiger partial charge in [-0.3, -0.25) is 4.79 Å². The average Bonchev–Trinajstić information content (AvgIpc) is 2.59. The van der Waals surface area contributed by atoms with E-state index in [9.17, 15) is 13.2 Å². The fourth-order valence-electron chi connectivity index (χ4n) is 1.99. The van der Waals surface area contributed by atoms with Crippen molar-refractivity contribution in [3.05, 3.63) is 58.6 Å². The van der Waals surface area contributed by atoms with Crippen LogP contribution in [0.5, 0.6) is 5.75 Å². The third kappa shape index (κ3) is 5.04. The lowest BCUT2D eigenvalue weighted by Gasteiger charge is -2.14. The summed E-state index contributed by atoms with van der Waals surface area (Å²) < 4.78 is 31.6. The fraction of sp³-hybridized carbons (Fsp3) is 0.235. The summed E-state index contributed by atoms with van der Waals surface area (Å²) in [5.74, 6) is 0.360. The molecule has 0 aliphatic heterocycles. The number of hydrogen-bond donors (Lipinski definition) is 1. The number of nitrogens with one attached hydrogen (secondary N) is 1. The Morgan fingerprint density at radius 1 is 1.16 bits per heavy atom. The lowest BCUT2D eigenvalue weighted by molar-refractivity contribution is 0.0946. The molecule has 0 fully saturated rings. The van der Waals surface area contributed by atoms with E-state index in [1.54, 1.807) is 12.1 Å². The minimum absolute atomic E-state index is 0.0469. The van der Waals surface area contributed by atoms with Gasteiger partial charge in [0.15, 0.2) is 0 Å². The molecule has 0 aliphatic carbocycles. The maximum atomic E-state index is 12.3. The van der Waals surface area contributed by atoms with Gasteiger partial charge in [0.2, 0.25) is 10.0 Å². The SMILES string of the molecule is CN(C)S(=O)(=O)c1cc(C(=O)NCCOc2ccccc2)ccc1Br. The average molecular weight is 427 g/mol. The highest BCUT2D eigenvalue weighted by molar-refractivity contribution is 9.10. The first-order chi connectivity index (χ1) is 11.8. The predicted octanol–water partition coefficient (Wildman–Crippen LogP) is 2.51. The second-order valence-corrected chi connectivity index (χ2v) is 8.32. The molecule has 0 unspecified atom stereocenters. The van der Waals surface area contributed by atoms with Crippen molar-refractivity contribution in [1.29, 1.82) is 0 Å². The van der Waals surface area contributed by atoms with E-state index in [0.717, 1.165) is 10.1 Å². The Labute approximate surface area is 156 Å². The Balaban J connectivity index is 2.00. The van der Waals surface area contributed by atoms with Crippen molar-refractivity contribution in [2.45, 2.75) is 4.90 Å². The predicted molar refractivity (Wildman–Crippen MR) is 99.3 cm³/mol. The number of amides is 1. The van der Waals surface area contributed by atoms with Gasteiger partial charge in [-0.05, 0) is 46.3 Å². The van der Waals surface area contributed by atoms with Crippen molar-refractivity contribution in [3.63, 3.8) is 0 Å². The van der Waals surface area contributed by atoms with Crippen LogP contribution in [0.1, 0.15) is 10.4 Å². The molecule has 0 radical (unpaired) electrons. The summed E-state index contributed by atoms with van der Waals surface area (Å²) >= 11 is 3.22. The molecule has 2 aromatic carbocycles. The number of sulfonamides is 1. The van der Waals surface area contributed by atoms with Crippen LogP contribution in [0.3, 0.4) is 0 Å². The van der Waals surface area contributed by atoms with E-state index < -0.39 is 10.0 Å². The zero-order chi connectivity index (χ0) is 18.4. The highest BCUT2D eigenvalue weighted by Gasteiger charge is 2.22. The summed E-state index contributed by atoms with van der Waals surface area (Å²) in [6, 6.07) is 13.7. The van der Waals surface area contributed by atoms with Crippen molar-refractivity contribution in [2.75, 3.05) is 27.2 Å². The van der Waals surface area contributed by atoms with E-state index >= 15 is 0 Å². The molecule has 8 heteroatoms. The number of benzene rings is 2. The molecule has 2 rings (SSSR count). The van der Waals surface area contributed by atoms with E-state index in [1.807, 2.05) is 30.3 Å². The van der Waals surface area contributed by atoms with E-state index in [1.165, 1.54) is 20.2 Å². The van der Waals surface area contributed by atoms with E-state index in [0.29, 0.717) is 17.6 Å². The van der Waals surface area contributed by atoms with Gasteiger partial charge in [-0.2, -0.15) is 0 Å². The lowest BCUT2D eigenvalue weighted by Crippen LogP contribution is -2.28. The Bertz CT molecular complexity index is 839. The first-order valence-corrected chi connectivity index (χ1v) is 9.74. The molecule has 1 amide bonds. The summed E-state index contributed by atoms with van der Waals surface area (Å²) in [5.41, 5.74) is 0.267. The highest BCUT2D eigenvalue weighted by Crippen LogP contribution is 2.25. The van der Waals surface area contributed by atoms with Gasteiger partial charge in [-0.25, -0.2) is 12.7 Å². The third-order valence-electron chi connectivity index (χ3n) is 3.35. The molecule has 0 bridgehead atoms. The molecule has 25 heavy (non-hydrogen) atoms. The summed E-state index contributed by atoms with van der Waals surface area (Å²) in [6.45, 7) is 0.620. The van der Waals surface area contributed by atoms with Crippen molar-refractivity contribution in [2.24, 2.45) is 0 Å². The van der Waals surface area contributed by atoms with Crippen LogP contribution in [0, 0.1) is 0 Å². The standard InChI is InChI=1S/C17H19BrN2O4S/c1-20(2)25(22,23)16-12-13(8-9-15(16)18)17(21)19-10-11-24-14-6-4-3-5-7-14/h3-9,12H,10-11H2,1-2H3,(H,19,21). The number of nitrogens with zero attached hydrogens (tertiary/aromatic N) is 1. The molecule has 0 aliphatic rings. The summed E-state index contributed by atoms with van der Waals surface area (Å²) in [6.07, 6.45) is 0. The third-order valence-corrected chi connectivity index (χ3v) is 6.16. The van der Waals surface area contributed by atoms with E-state index in [4.69, 9.17) is 4.74 Å². The minimum Gasteiger partial charge on any atom is -0.492 e. The Morgan fingerprint density at radius 3 is 2.48 bits per heavy atom. The summed E-state index contributed by atoms with van der Waals surface area (Å²) in [5, 5.41) is 2.71. The van der Waals surface area contributed by atoms with Crippen molar-refractivity contribution < 1.29 is 17.9 Å². The molecule has 0 heterocycles. The number of rotatable bonds is 7. The number of para-hydroxylation sites is 1. The van der Waals surface area contributed by atoms with Gasteiger partial charge < -0.3 is 10.1 Å². The van der Waals surface area contributed by atoms with Crippen LogP contribution < -0.4 is 10.1 Å². The Hall–Kier alpha value is -1.90. The second-order valence-electron chi connectivity index (χ2n) is 5.35. The number of halogens is 1. The number of hydrogen-bond acceptors (Lipinski definition) is 4. The Morgan fingerprint density at radius 2 is 1.84 bits per heavy atom. The topological polar surface area (TPSA) is 75.7 Å². The van der Waals surface area contributed by atoms with Crippen molar-refractivity contribution in [3.8, 4) is 5.75 Å². The second kappa shape index (κ2) is 8.46. The molecule has 0 aromatic heterocycles. The molecule has 134 valence electrons. The molecule has 0 saturated heterocycles. The zero-order valence-corrected chi connectivity index (χ0v) is 16.3. The normalized spacial score (nSPS) is 11.4. The van der Waals surface area contributed by atoms with Gasteiger partial charge in [-0.15, -0.1) is 0 Å². The number of ether oxygens (including phenoxy) is 1. The van der Waals surface area contributed by atoms with Crippen LogP contribution >= 0.6 is 15.9 Å². The first-order valence-electron chi connectivity index (χ1n) is 7.50. The molecule has 0 saturated carbocycles. The lowest BCUT2D eigenvalue weighted by atomic mass is 10.2. The van der Waals surface area contributed by atoms with Crippen LogP contribution in [-0.2, 0) is 10.0 Å². The monoisotopic (exact) mass is 426 g/mol.